The molecule has 2 nitrogen and oxygen atoms in total. The number of rotatable bonds is 2. The number of nitrogen functional groups attached to an aromatic ring is 1. The molecule has 0 aromatic heterocycles. The van der Waals surface area contributed by atoms with E-state index in [1.165, 1.54) is 0 Å². The molecule has 0 aliphatic heterocycles. The van der Waals surface area contributed by atoms with Gasteiger partial charge in [-0.05, 0) is 5.56 Å². The summed E-state index contributed by atoms with van der Waals surface area (Å²) >= 11 is 5.57. The molecule has 0 saturated heterocycles. The van der Waals surface area contributed by atoms with E-state index in [0.29, 0.717) is 5.88 Å². The van der Waals surface area contributed by atoms with Crippen molar-refractivity contribution in [3.05, 3.63) is 35.4 Å². The van der Waals surface area contributed by atoms with E-state index in [1.807, 2.05) is 12.1 Å². The van der Waals surface area contributed by atoms with E-state index in [2.05, 4.69) is 0 Å². The zero-order valence-corrected chi connectivity index (χ0v) is 7.95. The molecule has 12 heavy (non-hydrogen) atoms. The van der Waals surface area contributed by atoms with Crippen molar-refractivity contribution >= 4 is 29.8 Å². The lowest BCUT2D eigenvalue weighted by atomic mass is 10.1. The minimum absolute atomic E-state index is 0. The first kappa shape index (κ1) is 11.3. The van der Waals surface area contributed by atoms with E-state index in [9.17, 15) is 0 Å². The Morgan fingerprint density at radius 3 is 2.17 bits per heavy atom. The minimum Gasteiger partial charge on any atom is -0.384 e. The van der Waals surface area contributed by atoms with Crippen molar-refractivity contribution in [3.63, 3.8) is 0 Å². The predicted octanol–water partition coefficient (Wildman–Crippen LogP) is 2.13. The maximum atomic E-state index is 7.11. The molecule has 0 unspecified atom stereocenters. The first-order valence-electron chi connectivity index (χ1n) is 3.23. The lowest BCUT2D eigenvalue weighted by Gasteiger charge is -1.98. The molecule has 4 heteroatoms. The number of hydrogen-bond donors (Lipinski definition) is 2. The van der Waals surface area contributed by atoms with Gasteiger partial charge in [0.15, 0.2) is 0 Å². The van der Waals surface area contributed by atoms with E-state index in [4.69, 9.17) is 22.7 Å². The van der Waals surface area contributed by atoms with Crippen molar-refractivity contribution < 1.29 is 0 Å². The Hall–Kier alpha value is -0.730. The molecular weight excluding hydrogens is 195 g/mol. The van der Waals surface area contributed by atoms with Crippen molar-refractivity contribution in [1.82, 2.24) is 0 Å². The topological polar surface area (TPSA) is 49.9 Å². The number of alkyl halides is 1. The quantitative estimate of drug-likeness (QED) is 0.433. The molecule has 0 saturated carbocycles. The van der Waals surface area contributed by atoms with E-state index >= 15 is 0 Å². The summed E-state index contributed by atoms with van der Waals surface area (Å²) in [7, 11) is 0. The number of nitrogens with two attached hydrogens (primary N) is 1. The van der Waals surface area contributed by atoms with Crippen LogP contribution in [0.2, 0.25) is 0 Å². The fourth-order valence-corrected chi connectivity index (χ4v) is 0.952. The number of nitrogens with one attached hydrogen (secondary N) is 1. The Morgan fingerprint density at radius 1 is 1.33 bits per heavy atom. The SMILES string of the molecule is Cl.N=C(N)c1ccc(CCl)cc1. The summed E-state index contributed by atoms with van der Waals surface area (Å²) < 4.78 is 0. The Balaban J connectivity index is 0.00000121. The van der Waals surface area contributed by atoms with Crippen LogP contribution < -0.4 is 5.73 Å². The van der Waals surface area contributed by atoms with Crippen LogP contribution in [0.1, 0.15) is 11.1 Å². The highest BCUT2D eigenvalue weighted by atomic mass is 35.5. The van der Waals surface area contributed by atoms with Crippen molar-refractivity contribution in [1.29, 1.82) is 5.41 Å². The van der Waals surface area contributed by atoms with E-state index in [-0.39, 0.29) is 18.2 Å². The number of hydrogen-bond acceptors (Lipinski definition) is 1. The molecule has 1 aromatic carbocycles. The molecule has 0 fully saturated rings. The Morgan fingerprint density at radius 2 is 1.83 bits per heavy atom. The maximum absolute atomic E-state index is 7.11. The monoisotopic (exact) mass is 204 g/mol. The summed E-state index contributed by atoms with van der Waals surface area (Å²) in [4.78, 5) is 0. The highest BCUT2D eigenvalue weighted by molar-refractivity contribution is 6.17. The zero-order valence-electron chi connectivity index (χ0n) is 6.38. The van der Waals surface area contributed by atoms with Gasteiger partial charge >= 0.3 is 0 Å². The highest BCUT2D eigenvalue weighted by Crippen LogP contribution is 2.05. The van der Waals surface area contributed by atoms with Gasteiger partial charge in [0.25, 0.3) is 0 Å². The first-order chi connectivity index (χ1) is 5.24. The third-order valence-electron chi connectivity index (χ3n) is 1.42. The zero-order chi connectivity index (χ0) is 8.27. The summed E-state index contributed by atoms with van der Waals surface area (Å²) in [5, 5.41) is 7.11. The van der Waals surface area contributed by atoms with Crippen LogP contribution in [-0.4, -0.2) is 5.84 Å². The molecule has 66 valence electrons. The minimum atomic E-state index is 0. The number of amidine groups is 1. The molecular formula is C8H10Cl2N2. The molecule has 0 aliphatic carbocycles. The lowest BCUT2D eigenvalue weighted by Crippen LogP contribution is -2.10. The predicted molar refractivity (Wildman–Crippen MR) is 54.3 cm³/mol. The molecule has 0 spiro atoms. The van der Waals surface area contributed by atoms with Gasteiger partial charge in [-0.2, -0.15) is 0 Å². The summed E-state index contributed by atoms with van der Waals surface area (Å²) in [6.07, 6.45) is 0. The van der Waals surface area contributed by atoms with Gasteiger partial charge in [-0.3, -0.25) is 5.41 Å². The third-order valence-corrected chi connectivity index (χ3v) is 1.73. The van der Waals surface area contributed by atoms with E-state index in [0.717, 1.165) is 11.1 Å². The van der Waals surface area contributed by atoms with Gasteiger partial charge in [-0.15, -0.1) is 24.0 Å². The average molecular weight is 205 g/mol. The maximum Gasteiger partial charge on any atom is 0.122 e. The standard InChI is InChI=1S/C8H9ClN2.ClH/c9-5-6-1-3-7(4-2-6)8(10)11;/h1-4H,5H2,(H3,10,11);1H. The first-order valence-corrected chi connectivity index (χ1v) is 3.77. The van der Waals surface area contributed by atoms with Crippen LogP contribution in [0, 0.1) is 5.41 Å². The van der Waals surface area contributed by atoms with E-state index in [1.54, 1.807) is 12.1 Å². The molecule has 0 radical (unpaired) electrons. The highest BCUT2D eigenvalue weighted by Gasteiger charge is 1.94. The lowest BCUT2D eigenvalue weighted by molar-refractivity contribution is 1.37. The largest absolute Gasteiger partial charge is 0.384 e. The molecule has 0 heterocycles. The van der Waals surface area contributed by atoms with Crippen LogP contribution in [0.5, 0.6) is 0 Å². The van der Waals surface area contributed by atoms with Crippen molar-refractivity contribution in [3.8, 4) is 0 Å². The third kappa shape index (κ3) is 2.72. The smallest absolute Gasteiger partial charge is 0.122 e. The van der Waals surface area contributed by atoms with Gasteiger partial charge in [0, 0.05) is 11.4 Å². The van der Waals surface area contributed by atoms with Gasteiger partial charge in [0.2, 0.25) is 0 Å². The second-order valence-corrected chi connectivity index (χ2v) is 2.51. The van der Waals surface area contributed by atoms with Gasteiger partial charge < -0.3 is 5.73 Å². The van der Waals surface area contributed by atoms with Gasteiger partial charge in [0.05, 0.1) is 0 Å². The second-order valence-electron chi connectivity index (χ2n) is 2.24. The molecule has 1 aromatic rings. The van der Waals surface area contributed by atoms with Crippen molar-refractivity contribution in [2.75, 3.05) is 0 Å². The summed E-state index contributed by atoms with van der Waals surface area (Å²) in [6.45, 7) is 0. The normalized spacial score (nSPS) is 8.75. The molecule has 0 aliphatic rings. The van der Waals surface area contributed by atoms with Crippen LogP contribution in [0.25, 0.3) is 0 Å². The summed E-state index contributed by atoms with van der Waals surface area (Å²) in [6, 6.07) is 7.31. The van der Waals surface area contributed by atoms with Gasteiger partial charge in [-0.1, -0.05) is 24.3 Å². The molecule has 0 bridgehead atoms. The fraction of sp³-hybridized carbons (Fsp3) is 0.125. The van der Waals surface area contributed by atoms with E-state index < -0.39 is 0 Å². The molecule has 0 amide bonds. The second kappa shape index (κ2) is 5.01. The van der Waals surface area contributed by atoms with Crippen molar-refractivity contribution in [2.45, 2.75) is 5.88 Å². The Labute approximate surface area is 82.6 Å². The Bertz CT molecular complexity index is 256. The van der Waals surface area contributed by atoms with Crippen LogP contribution in [0.3, 0.4) is 0 Å². The average Bonchev–Trinajstić information content (AvgIpc) is 2.05. The van der Waals surface area contributed by atoms with Crippen LogP contribution in [-0.2, 0) is 5.88 Å². The van der Waals surface area contributed by atoms with Crippen LogP contribution in [0.15, 0.2) is 24.3 Å². The van der Waals surface area contributed by atoms with Crippen molar-refractivity contribution in [2.24, 2.45) is 5.73 Å². The number of benzene rings is 1. The van der Waals surface area contributed by atoms with Crippen LogP contribution in [0.4, 0.5) is 0 Å². The molecule has 0 atom stereocenters. The number of halogens is 2. The summed E-state index contributed by atoms with van der Waals surface area (Å²) in [5.41, 5.74) is 7.03. The molecule has 1 rings (SSSR count). The fourth-order valence-electron chi connectivity index (χ4n) is 0.773. The van der Waals surface area contributed by atoms with Gasteiger partial charge in [0.1, 0.15) is 5.84 Å². The molecule has 3 N–H and O–H groups in total. The van der Waals surface area contributed by atoms with Crippen LogP contribution >= 0.6 is 24.0 Å². The summed E-state index contributed by atoms with van der Waals surface area (Å²) in [5.74, 6) is 0.587. The van der Waals surface area contributed by atoms with Gasteiger partial charge in [-0.25, -0.2) is 0 Å². The Kier molecular flexibility index (Phi) is 4.71.